The Hall–Kier alpha value is -1.40. The number of aliphatic hydroxyl groups is 2. The number of aliphatic hydroxyl groups excluding tert-OH is 2. The summed E-state index contributed by atoms with van der Waals surface area (Å²) in [7, 11) is 0. The van der Waals surface area contributed by atoms with E-state index in [2.05, 4.69) is 31.3 Å². The molecule has 0 saturated carbocycles. The maximum absolute atomic E-state index is 12.6. The molecule has 6 heteroatoms. The molecular weight excluding hydrogens is 1040 g/mol. The standard InChI is InChI=1S/C79H155NO5/c1-3-5-7-9-11-13-15-17-19-21-22-23-30-33-36-40-43-47-51-55-59-63-67-71-77(82)76(75-81)80-78(83)72-68-64-60-56-52-48-44-41-37-34-31-28-26-24-25-27-29-32-35-38-42-46-50-54-58-62-66-70-74-85-79(84)73-69-65-61-57-53-49-45-39-20-18-16-14-12-10-8-6-4-2/h24-25,76-77,81-82H,3-23,26-75H2,1-2H3,(H,80,83)/b25-24-. The number of esters is 1. The maximum Gasteiger partial charge on any atom is 0.305 e. The molecule has 2 unspecified atom stereocenters. The second-order valence-corrected chi connectivity index (χ2v) is 27.4. The highest BCUT2D eigenvalue weighted by Crippen LogP contribution is 2.20. The van der Waals surface area contributed by atoms with Crippen molar-refractivity contribution in [2.24, 2.45) is 0 Å². The van der Waals surface area contributed by atoms with Gasteiger partial charge >= 0.3 is 5.97 Å². The summed E-state index contributed by atoms with van der Waals surface area (Å²) in [4.78, 5) is 24.7. The van der Waals surface area contributed by atoms with Gasteiger partial charge in [0.15, 0.2) is 0 Å². The van der Waals surface area contributed by atoms with Gasteiger partial charge < -0.3 is 20.3 Å². The van der Waals surface area contributed by atoms with Crippen LogP contribution in [0.1, 0.15) is 457 Å². The Morgan fingerprint density at radius 3 is 0.835 bits per heavy atom. The zero-order valence-electron chi connectivity index (χ0n) is 58.1. The van der Waals surface area contributed by atoms with Crippen LogP contribution in [-0.4, -0.2) is 47.4 Å². The minimum atomic E-state index is -0.665. The number of rotatable bonds is 75. The summed E-state index contributed by atoms with van der Waals surface area (Å²) in [6, 6.07) is -0.542. The quantitative estimate of drug-likeness (QED) is 0.0320. The number of carbonyl (C=O) groups excluding carboxylic acids is 2. The predicted molar refractivity (Wildman–Crippen MR) is 375 cm³/mol. The summed E-state index contributed by atoms with van der Waals surface area (Å²) in [6.45, 7) is 5.01. The average molecular weight is 1200 g/mol. The monoisotopic (exact) mass is 1200 g/mol. The van der Waals surface area contributed by atoms with Crippen LogP contribution in [0, 0.1) is 0 Å². The highest BCUT2D eigenvalue weighted by atomic mass is 16.5. The minimum Gasteiger partial charge on any atom is -0.466 e. The molecule has 0 aliphatic rings. The van der Waals surface area contributed by atoms with Gasteiger partial charge in [-0.25, -0.2) is 0 Å². The molecular formula is C79H155NO5. The molecule has 0 heterocycles. The average Bonchev–Trinajstić information content (AvgIpc) is 3.51. The summed E-state index contributed by atoms with van der Waals surface area (Å²) in [6.07, 6.45) is 94.4. The van der Waals surface area contributed by atoms with Crippen LogP contribution in [0.4, 0.5) is 0 Å². The molecule has 2 atom stereocenters. The van der Waals surface area contributed by atoms with Crippen molar-refractivity contribution < 1.29 is 24.5 Å². The van der Waals surface area contributed by atoms with Crippen molar-refractivity contribution in [1.82, 2.24) is 5.32 Å². The van der Waals surface area contributed by atoms with Crippen molar-refractivity contribution in [2.75, 3.05) is 13.2 Å². The van der Waals surface area contributed by atoms with E-state index in [-0.39, 0.29) is 18.5 Å². The summed E-state index contributed by atoms with van der Waals surface area (Å²) in [5.74, 6) is -0.00776. The van der Waals surface area contributed by atoms with Gasteiger partial charge in [-0.15, -0.1) is 0 Å². The Balaban J connectivity index is 3.36. The highest BCUT2D eigenvalue weighted by Gasteiger charge is 2.20. The molecule has 0 spiro atoms. The first-order chi connectivity index (χ1) is 42.0. The van der Waals surface area contributed by atoms with E-state index >= 15 is 0 Å². The Bertz CT molecular complexity index is 1290. The third-order valence-electron chi connectivity index (χ3n) is 18.8. The summed E-state index contributed by atoms with van der Waals surface area (Å²) in [5, 5.41) is 23.5. The van der Waals surface area contributed by atoms with Gasteiger partial charge in [-0.2, -0.15) is 0 Å². The van der Waals surface area contributed by atoms with Gasteiger partial charge in [-0.05, 0) is 51.4 Å². The van der Waals surface area contributed by atoms with E-state index in [0.29, 0.717) is 25.9 Å². The Morgan fingerprint density at radius 2 is 0.553 bits per heavy atom. The van der Waals surface area contributed by atoms with Gasteiger partial charge in [0.2, 0.25) is 5.91 Å². The zero-order valence-corrected chi connectivity index (χ0v) is 58.1. The summed E-state index contributed by atoms with van der Waals surface area (Å²) >= 11 is 0. The second kappa shape index (κ2) is 75.1. The van der Waals surface area contributed by atoms with E-state index in [9.17, 15) is 19.8 Å². The van der Waals surface area contributed by atoms with Crippen molar-refractivity contribution in [3.05, 3.63) is 12.2 Å². The number of nitrogens with one attached hydrogen (secondary N) is 1. The topological polar surface area (TPSA) is 95.9 Å². The van der Waals surface area contributed by atoms with E-state index in [1.165, 1.54) is 385 Å². The number of hydrogen-bond acceptors (Lipinski definition) is 5. The molecule has 0 fully saturated rings. The summed E-state index contributed by atoms with van der Waals surface area (Å²) < 4.78 is 5.51. The molecule has 0 saturated heterocycles. The number of unbranched alkanes of at least 4 members (excludes halogenated alkanes) is 62. The normalized spacial score (nSPS) is 12.5. The van der Waals surface area contributed by atoms with Crippen LogP contribution >= 0.6 is 0 Å². The van der Waals surface area contributed by atoms with Crippen LogP contribution in [0.15, 0.2) is 12.2 Å². The number of hydrogen-bond donors (Lipinski definition) is 3. The first-order valence-corrected chi connectivity index (χ1v) is 39.4. The summed E-state index contributed by atoms with van der Waals surface area (Å²) in [5.41, 5.74) is 0. The van der Waals surface area contributed by atoms with Crippen LogP contribution < -0.4 is 5.32 Å². The van der Waals surface area contributed by atoms with Gasteiger partial charge in [0.05, 0.1) is 25.4 Å². The molecule has 1 amide bonds. The van der Waals surface area contributed by atoms with Gasteiger partial charge in [-0.1, -0.05) is 405 Å². The van der Waals surface area contributed by atoms with Crippen LogP contribution in [0.5, 0.6) is 0 Å². The molecule has 85 heavy (non-hydrogen) atoms. The van der Waals surface area contributed by atoms with Gasteiger partial charge in [0.1, 0.15) is 0 Å². The lowest BCUT2D eigenvalue weighted by molar-refractivity contribution is -0.143. The SMILES string of the molecule is CCCCCCCCCCCCCCCCCCCCCCCCCC(O)C(CO)NC(=O)CCCCCCCCCCCCCC/C=C\CCCCCCCCCCCCCCOC(=O)CCCCCCCCCCCCCCCCCCC. The number of allylic oxidation sites excluding steroid dienone is 2. The molecule has 0 aromatic heterocycles. The van der Waals surface area contributed by atoms with E-state index < -0.39 is 12.1 Å². The predicted octanol–water partition coefficient (Wildman–Crippen LogP) is 25.9. The fourth-order valence-electron chi connectivity index (χ4n) is 12.8. The molecule has 0 rings (SSSR count). The number of ether oxygens (including phenoxy) is 1. The molecule has 0 bridgehead atoms. The van der Waals surface area contributed by atoms with Gasteiger partial charge in [-0.3, -0.25) is 9.59 Å². The molecule has 0 aromatic rings. The highest BCUT2D eigenvalue weighted by molar-refractivity contribution is 5.76. The van der Waals surface area contributed by atoms with Crippen molar-refractivity contribution in [3.8, 4) is 0 Å². The Morgan fingerprint density at radius 1 is 0.318 bits per heavy atom. The largest absolute Gasteiger partial charge is 0.466 e. The second-order valence-electron chi connectivity index (χ2n) is 27.4. The maximum atomic E-state index is 12.6. The van der Waals surface area contributed by atoms with Crippen LogP contribution in [0.3, 0.4) is 0 Å². The zero-order chi connectivity index (χ0) is 61.3. The fourth-order valence-corrected chi connectivity index (χ4v) is 12.8. The van der Waals surface area contributed by atoms with E-state index in [1.807, 2.05) is 0 Å². The smallest absolute Gasteiger partial charge is 0.305 e. The molecule has 3 N–H and O–H groups in total. The molecule has 0 radical (unpaired) electrons. The van der Waals surface area contributed by atoms with Crippen LogP contribution in [0.2, 0.25) is 0 Å². The van der Waals surface area contributed by atoms with Gasteiger partial charge in [0.25, 0.3) is 0 Å². The number of amides is 1. The van der Waals surface area contributed by atoms with Crippen molar-refractivity contribution >= 4 is 11.9 Å². The Kier molecular flexibility index (Phi) is 73.8. The lowest BCUT2D eigenvalue weighted by Gasteiger charge is -2.22. The third-order valence-corrected chi connectivity index (χ3v) is 18.8. The number of carbonyl (C=O) groups is 2. The molecule has 6 nitrogen and oxygen atoms in total. The fraction of sp³-hybridized carbons (Fsp3) is 0.949. The van der Waals surface area contributed by atoms with E-state index in [4.69, 9.17) is 4.74 Å². The lowest BCUT2D eigenvalue weighted by Crippen LogP contribution is -2.45. The molecule has 0 aromatic carbocycles. The van der Waals surface area contributed by atoms with Crippen LogP contribution in [0.25, 0.3) is 0 Å². The van der Waals surface area contributed by atoms with Crippen LogP contribution in [-0.2, 0) is 14.3 Å². The van der Waals surface area contributed by atoms with Gasteiger partial charge in [0, 0.05) is 12.8 Å². The van der Waals surface area contributed by atoms with Crippen molar-refractivity contribution in [1.29, 1.82) is 0 Å². The first-order valence-electron chi connectivity index (χ1n) is 39.4. The molecule has 0 aliphatic carbocycles. The van der Waals surface area contributed by atoms with Crippen molar-refractivity contribution in [3.63, 3.8) is 0 Å². The third kappa shape index (κ3) is 71.6. The minimum absolute atomic E-state index is 0.0212. The lowest BCUT2D eigenvalue weighted by atomic mass is 10.0. The Labute approximate surface area is 533 Å². The van der Waals surface area contributed by atoms with E-state index in [0.717, 1.165) is 38.5 Å². The molecule has 506 valence electrons. The van der Waals surface area contributed by atoms with E-state index in [1.54, 1.807) is 0 Å². The first kappa shape index (κ1) is 83.6. The van der Waals surface area contributed by atoms with Crippen molar-refractivity contribution in [2.45, 2.75) is 469 Å². The molecule has 0 aliphatic heterocycles.